The zero-order valence-electron chi connectivity index (χ0n) is 9.64. The molecule has 3 N–H and O–H groups in total. The van der Waals surface area contributed by atoms with Gasteiger partial charge in [-0.15, -0.1) is 0 Å². The standard InChI is InChI=1S/C12H15N3O2/c1-8(11(16)14-12(13)17)15-7-6-9-4-2-3-5-10(9)15/h2-5,8H,6-7H2,1H3,(H3,13,14,16,17)/t8-/m1/s1. The molecule has 1 atom stereocenters. The number of rotatable bonds is 2. The van der Waals surface area contributed by atoms with Crippen molar-refractivity contribution < 1.29 is 9.59 Å². The van der Waals surface area contributed by atoms with Crippen LogP contribution in [0.25, 0.3) is 0 Å². The molecular weight excluding hydrogens is 218 g/mol. The van der Waals surface area contributed by atoms with Crippen LogP contribution >= 0.6 is 0 Å². The van der Waals surface area contributed by atoms with Crippen molar-refractivity contribution in [1.82, 2.24) is 5.32 Å². The van der Waals surface area contributed by atoms with E-state index in [4.69, 9.17) is 5.73 Å². The molecule has 2 rings (SSSR count). The van der Waals surface area contributed by atoms with Crippen molar-refractivity contribution in [3.05, 3.63) is 29.8 Å². The molecule has 17 heavy (non-hydrogen) atoms. The second kappa shape index (κ2) is 4.45. The number of hydrogen-bond acceptors (Lipinski definition) is 3. The smallest absolute Gasteiger partial charge is 0.318 e. The fraction of sp³-hybridized carbons (Fsp3) is 0.333. The third-order valence-electron chi connectivity index (χ3n) is 3.02. The lowest BCUT2D eigenvalue weighted by atomic mass is 10.2. The fourth-order valence-corrected chi connectivity index (χ4v) is 2.13. The first-order valence-electron chi connectivity index (χ1n) is 5.54. The van der Waals surface area contributed by atoms with E-state index in [-0.39, 0.29) is 5.91 Å². The van der Waals surface area contributed by atoms with Gasteiger partial charge in [-0.3, -0.25) is 10.1 Å². The molecule has 0 unspecified atom stereocenters. The minimum atomic E-state index is -0.811. The van der Waals surface area contributed by atoms with Crippen LogP contribution < -0.4 is 16.0 Å². The summed E-state index contributed by atoms with van der Waals surface area (Å²) in [5.41, 5.74) is 7.22. The zero-order valence-corrected chi connectivity index (χ0v) is 9.64. The van der Waals surface area contributed by atoms with Gasteiger partial charge in [-0.05, 0) is 25.0 Å². The normalized spacial score (nSPS) is 15.2. The summed E-state index contributed by atoms with van der Waals surface area (Å²) >= 11 is 0. The minimum Gasteiger partial charge on any atom is -0.359 e. The number of para-hydroxylation sites is 1. The highest BCUT2D eigenvalue weighted by atomic mass is 16.2. The van der Waals surface area contributed by atoms with Crippen molar-refractivity contribution in [3.63, 3.8) is 0 Å². The Hall–Kier alpha value is -2.04. The summed E-state index contributed by atoms with van der Waals surface area (Å²) in [6.45, 7) is 2.55. The van der Waals surface area contributed by atoms with Crippen LogP contribution in [0.15, 0.2) is 24.3 Å². The lowest BCUT2D eigenvalue weighted by Crippen LogP contribution is -2.48. The maximum absolute atomic E-state index is 11.7. The number of primary amides is 1. The van der Waals surface area contributed by atoms with Gasteiger partial charge in [0.1, 0.15) is 6.04 Å². The van der Waals surface area contributed by atoms with Gasteiger partial charge in [0, 0.05) is 12.2 Å². The molecule has 0 bridgehead atoms. The maximum atomic E-state index is 11.7. The van der Waals surface area contributed by atoms with Crippen molar-refractivity contribution in [2.75, 3.05) is 11.4 Å². The van der Waals surface area contributed by atoms with Crippen LogP contribution in [0.3, 0.4) is 0 Å². The summed E-state index contributed by atoms with van der Waals surface area (Å²) < 4.78 is 0. The number of carbonyl (C=O) groups is 2. The Bertz CT molecular complexity index is 459. The van der Waals surface area contributed by atoms with Gasteiger partial charge in [0.15, 0.2) is 0 Å². The molecule has 5 heteroatoms. The average Bonchev–Trinajstić information content (AvgIpc) is 2.70. The number of anilines is 1. The van der Waals surface area contributed by atoms with Gasteiger partial charge >= 0.3 is 6.03 Å². The topological polar surface area (TPSA) is 75.4 Å². The minimum absolute atomic E-state index is 0.366. The van der Waals surface area contributed by atoms with Crippen molar-refractivity contribution >= 4 is 17.6 Å². The van der Waals surface area contributed by atoms with Gasteiger partial charge in [0.25, 0.3) is 0 Å². The molecule has 1 aliphatic rings. The van der Waals surface area contributed by atoms with Crippen LogP contribution in [0.2, 0.25) is 0 Å². The molecule has 1 aliphatic heterocycles. The molecule has 90 valence electrons. The molecule has 0 saturated carbocycles. The van der Waals surface area contributed by atoms with Crippen LogP contribution in [-0.4, -0.2) is 24.5 Å². The second-order valence-electron chi connectivity index (χ2n) is 4.10. The molecule has 1 aromatic rings. The van der Waals surface area contributed by atoms with E-state index in [1.807, 2.05) is 29.2 Å². The van der Waals surface area contributed by atoms with Gasteiger partial charge in [0.2, 0.25) is 5.91 Å². The first-order chi connectivity index (χ1) is 8.09. The summed E-state index contributed by atoms with van der Waals surface area (Å²) in [7, 11) is 0. The van der Waals surface area contributed by atoms with Gasteiger partial charge in [0.05, 0.1) is 0 Å². The maximum Gasteiger partial charge on any atom is 0.318 e. The number of imide groups is 1. The van der Waals surface area contributed by atoms with E-state index in [0.717, 1.165) is 18.7 Å². The van der Waals surface area contributed by atoms with Crippen LogP contribution in [0.4, 0.5) is 10.5 Å². The highest BCUT2D eigenvalue weighted by molar-refractivity contribution is 5.97. The average molecular weight is 233 g/mol. The van der Waals surface area contributed by atoms with Crippen molar-refractivity contribution in [2.24, 2.45) is 5.73 Å². The summed E-state index contributed by atoms with van der Waals surface area (Å²) in [5.74, 6) is -0.366. The number of nitrogens with zero attached hydrogens (tertiary/aromatic N) is 1. The monoisotopic (exact) mass is 233 g/mol. The third-order valence-corrected chi connectivity index (χ3v) is 3.02. The largest absolute Gasteiger partial charge is 0.359 e. The SMILES string of the molecule is C[C@H](C(=O)NC(N)=O)N1CCc2ccccc21. The Kier molecular flexibility index (Phi) is 2.99. The number of urea groups is 1. The molecular formula is C12H15N3O2. The van der Waals surface area contributed by atoms with E-state index in [2.05, 4.69) is 5.32 Å². The van der Waals surface area contributed by atoms with Gasteiger partial charge in [-0.2, -0.15) is 0 Å². The van der Waals surface area contributed by atoms with E-state index < -0.39 is 12.1 Å². The number of hydrogen-bond donors (Lipinski definition) is 2. The highest BCUT2D eigenvalue weighted by Gasteiger charge is 2.27. The van der Waals surface area contributed by atoms with E-state index in [9.17, 15) is 9.59 Å². The van der Waals surface area contributed by atoms with Crippen LogP contribution in [0.5, 0.6) is 0 Å². The molecule has 0 radical (unpaired) electrons. The molecule has 3 amide bonds. The number of amides is 3. The number of nitrogens with one attached hydrogen (secondary N) is 1. The molecule has 1 heterocycles. The highest BCUT2D eigenvalue weighted by Crippen LogP contribution is 2.28. The Labute approximate surface area is 99.6 Å². The van der Waals surface area contributed by atoms with Gasteiger partial charge in [-0.1, -0.05) is 18.2 Å². The molecule has 0 aliphatic carbocycles. The third kappa shape index (κ3) is 2.22. The molecule has 0 saturated heterocycles. The Balaban J connectivity index is 2.15. The summed E-state index contributed by atoms with van der Waals surface area (Å²) in [6.07, 6.45) is 0.921. The van der Waals surface area contributed by atoms with Gasteiger partial charge in [-0.25, -0.2) is 4.79 Å². The number of benzene rings is 1. The summed E-state index contributed by atoms with van der Waals surface area (Å²) in [6, 6.07) is 6.75. The summed E-state index contributed by atoms with van der Waals surface area (Å²) in [4.78, 5) is 24.3. The number of fused-ring (bicyclic) bond motifs is 1. The lowest BCUT2D eigenvalue weighted by Gasteiger charge is -2.25. The van der Waals surface area contributed by atoms with E-state index in [1.165, 1.54) is 5.56 Å². The van der Waals surface area contributed by atoms with E-state index >= 15 is 0 Å². The van der Waals surface area contributed by atoms with Crippen molar-refractivity contribution in [1.29, 1.82) is 0 Å². The first-order valence-corrected chi connectivity index (χ1v) is 5.54. The van der Waals surface area contributed by atoms with Crippen molar-refractivity contribution in [3.8, 4) is 0 Å². The molecule has 0 aromatic heterocycles. The molecule has 0 fully saturated rings. The Morgan fingerprint density at radius 3 is 2.82 bits per heavy atom. The summed E-state index contributed by atoms with van der Waals surface area (Å²) in [5, 5.41) is 2.11. The first kappa shape index (κ1) is 11.4. The molecule has 5 nitrogen and oxygen atoms in total. The Morgan fingerprint density at radius 2 is 2.12 bits per heavy atom. The van der Waals surface area contributed by atoms with E-state index in [1.54, 1.807) is 6.92 Å². The van der Waals surface area contributed by atoms with E-state index in [0.29, 0.717) is 0 Å². The predicted molar refractivity (Wildman–Crippen MR) is 64.7 cm³/mol. The second-order valence-corrected chi connectivity index (χ2v) is 4.10. The van der Waals surface area contributed by atoms with Crippen LogP contribution in [0, 0.1) is 0 Å². The Morgan fingerprint density at radius 1 is 1.41 bits per heavy atom. The lowest BCUT2D eigenvalue weighted by molar-refractivity contribution is -0.120. The van der Waals surface area contributed by atoms with Crippen LogP contribution in [0.1, 0.15) is 12.5 Å². The quantitative estimate of drug-likeness (QED) is 0.786. The molecule has 0 spiro atoms. The zero-order chi connectivity index (χ0) is 12.4. The number of carbonyl (C=O) groups excluding carboxylic acids is 2. The fourth-order valence-electron chi connectivity index (χ4n) is 2.13. The molecule has 1 aromatic carbocycles. The number of nitrogens with two attached hydrogens (primary N) is 1. The predicted octanol–water partition coefficient (Wildman–Crippen LogP) is 0.632. The van der Waals surface area contributed by atoms with Crippen LogP contribution in [-0.2, 0) is 11.2 Å². The van der Waals surface area contributed by atoms with Gasteiger partial charge < -0.3 is 10.6 Å². The van der Waals surface area contributed by atoms with Crippen molar-refractivity contribution in [2.45, 2.75) is 19.4 Å².